The number of halogens is 2. The lowest BCUT2D eigenvalue weighted by atomic mass is 9.89. The van der Waals surface area contributed by atoms with Crippen molar-refractivity contribution in [1.82, 2.24) is 10.6 Å². The molecule has 2 heterocycles. The van der Waals surface area contributed by atoms with Crippen LogP contribution in [0.4, 0.5) is 0 Å². The van der Waals surface area contributed by atoms with Crippen molar-refractivity contribution in [2.24, 2.45) is 5.92 Å². The highest BCUT2D eigenvalue weighted by atomic mass is 35.5. The Morgan fingerprint density at radius 2 is 1.77 bits per heavy atom. The molecule has 0 aromatic heterocycles. The van der Waals surface area contributed by atoms with Gasteiger partial charge in [0.2, 0.25) is 5.91 Å². The van der Waals surface area contributed by atoms with Crippen LogP contribution in [-0.2, 0) is 11.2 Å². The highest BCUT2D eigenvalue weighted by molar-refractivity contribution is 6.34. The predicted octanol–water partition coefficient (Wildman–Crippen LogP) is 3.57. The Morgan fingerprint density at radius 1 is 1.14 bits per heavy atom. The number of fused-ring (bicyclic) bond motifs is 2. The SMILES string of the molecule is O=C(CC1CC2CCC(C1)N2)NCCc1cc(Cl)cc(Cl)c1. The summed E-state index contributed by atoms with van der Waals surface area (Å²) in [7, 11) is 0. The van der Waals surface area contributed by atoms with E-state index < -0.39 is 0 Å². The summed E-state index contributed by atoms with van der Waals surface area (Å²) in [5.74, 6) is 0.707. The number of rotatable bonds is 5. The number of hydrogen-bond donors (Lipinski definition) is 2. The van der Waals surface area contributed by atoms with Crippen molar-refractivity contribution in [3.05, 3.63) is 33.8 Å². The highest BCUT2D eigenvalue weighted by Crippen LogP contribution is 2.32. The number of hydrogen-bond acceptors (Lipinski definition) is 2. The molecule has 2 atom stereocenters. The molecule has 2 aliphatic heterocycles. The lowest BCUT2D eigenvalue weighted by Crippen LogP contribution is -2.39. The second-order valence-electron chi connectivity index (χ2n) is 6.56. The number of nitrogens with one attached hydrogen (secondary N) is 2. The normalized spacial score (nSPS) is 26.9. The maximum absolute atomic E-state index is 12.1. The van der Waals surface area contributed by atoms with Crippen LogP contribution in [-0.4, -0.2) is 24.5 Å². The molecule has 3 nitrogen and oxygen atoms in total. The Morgan fingerprint density at radius 3 is 2.41 bits per heavy atom. The van der Waals surface area contributed by atoms with Crippen molar-refractivity contribution in [2.45, 2.75) is 50.6 Å². The van der Waals surface area contributed by atoms with Crippen molar-refractivity contribution in [3.8, 4) is 0 Å². The van der Waals surface area contributed by atoms with Crippen molar-refractivity contribution in [1.29, 1.82) is 0 Å². The van der Waals surface area contributed by atoms with Crippen LogP contribution in [0.25, 0.3) is 0 Å². The third-order valence-corrected chi connectivity index (χ3v) is 5.14. The van der Waals surface area contributed by atoms with Crippen LogP contribution in [0.3, 0.4) is 0 Å². The van der Waals surface area contributed by atoms with Gasteiger partial charge in [0.15, 0.2) is 0 Å². The smallest absolute Gasteiger partial charge is 0.220 e. The molecule has 1 aromatic carbocycles. The van der Waals surface area contributed by atoms with Gasteiger partial charge in [-0.25, -0.2) is 0 Å². The Hall–Kier alpha value is -0.770. The van der Waals surface area contributed by atoms with Crippen LogP contribution in [0.5, 0.6) is 0 Å². The summed E-state index contributed by atoms with van der Waals surface area (Å²) in [5.41, 5.74) is 1.05. The average molecular weight is 341 g/mol. The van der Waals surface area contributed by atoms with Gasteiger partial charge in [0, 0.05) is 35.1 Å². The molecule has 2 aliphatic rings. The molecule has 0 radical (unpaired) electrons. The van der Waals surface area contributed by atoms with E-state index in [0.29, 0.717) is 41.0 Å². The van der Waals surface area contributed by atoms with E-state index in [1.165, 1.54) is 12.8 Å². The van der Waals surface area contributed by atoms with Gasteiger partial charge in [-0.05, 0) is 61.8 Å². The van der Waals surface area contributed by atoms with Gasteiger partial charge in [-0.15, -0.1) is 0 Å². The summed E-state index contributed by atoms with van der Waals surface area (Å²) >= 11 is 12.0. The topological polar surface area (TPSA) is 41.1 Å². The van der Waals surface area contributed by atoms with E-state index in [0.717, 1.165) is 24.8 Å². The van der Waals surface area contributed by atoms with Gasteiger partial charge in [-0.2, -0.15) is 0 Å². The lowest BCUT2D eigenvalue weighted by Gasteiger charge is -2.28. The maximum atomic E-state index is 12.1. The molecule has 0 saturated carbocycles. The Balaban J connectivity index is 1.41. The Kier molecular flexibility index (Phi) is 5.27. The van der Waals surface area contributed by atoms with Crippen molar-refractivity contribution in [2.75, 3.05) is 6.54 Å². The second-order valence-corrected chi connectivity index (χ2v) is 7.43. The molecule has 2 saturated heterocycles. The summed E-state index contributed by atoms with van der Waals surface area (Å²) in [6.45, 7) is 0.632. The molecule has 120 valence electrons. The first-order chi connectivity index (χ1) is 10.6. The zero-order valence-electron chi connectivity index (χ0n) is 12.6. The van der Waals surface area contributed by atoms with Crippen molar-refractivity contribution < 1.29 is 4.79 Å². The molecule has 2 unspecified atom stereocenters. The third-order valence-electron chi connectivity index (χ3n) is 4.70. The summed E-state index contributed by atoms with van der Waals surface area (Å²) in [4.78, 5) is 12.1. The first-order valence-corrected chi connectivity index (χ1v) is 8.82. The standard InChI is InChI=1S/C17H22Cl2N2O/c18-13-5-11(6-14(19)10-13)3-4-20-17(22)9-12-7-15-1-2-16(8-12)21-15/h5-6,10,12,15-16,21H,1-4,7-9H2,(H,20,22). The molecule has 5 heteroatoms. The summed E-state index contributed by atoms with van der Waals surface area (Å²) in [6, 6.07) is 6.79. The molecular formula is C17H22Cl2N2O. The molecule has 1 amide bonds. The first-order valence-electron chi connectivity index (χ1n) is 8.06. The van der Waals surface area contributed by atoms with Gasteiger partial charge in [-0.3, -0.25) is 4.79 Å². The van der Waals surface area contributed by atoms with Gasteiger partial charge >= 0.3 is 0 Å². The van der Waals surface area contributed by atoms with Gasteiger partial charge < -0.3 is 10.6 Å². The van der Waals surface area contributed by atoms with Crippen LogP contribution in [0, 0.1) is 5.92 Å². The average Bonchev–Trinajstić information content (AvgIpc) is 2.77. The van der Waals surface area contributed by atoms with E-state index in [2.05, 4.69) is 10.6 Å². The van der Waals surface area contributed by atoms with E-state index in [9.17, 15) is 4.79 Å². The Labute approximate surface area is 141 Å². The molecule has 0 aliphatic carbocycles. The van der Waals surface area contributed by atoms with Gasteiger partial charge in [0.1, 0.15) is 0 Å². The molecule has 3 rings (SSSR count). The Bertz CT molecular complexity index is 517. The molecule has 2 bridgehead atoms. The van der Waals surface area contributed by atoms with Crippen LogP contribution >= 0.6 is 23.2 Å². The monoisotopic (exact) mass is 340 g/mol. The molecule has 0 spiro atoms. The number of carbonyl (C=O) groups excluding carboxylic acids is 1. The summed E-state index contributed by atoms with van der Waals surface area (Å²) in [6.07, 6.45) is 6.26. The first kappa shape index (κ1) is 16.1. The molecule has 22 heavy (non-hydrogen) atoms. The van der Waals surface area contributed by atoms with E-state index in [1.807, 2.05) is 12.1 Å². The molecule has 2 fully saturated rings. The maximum Gasteiger partial charge on any atom is 0.220 e. The molecular weight excluding hydrogens is 319 g/mol. The number of benzene rings is 1. The van der Waals surface area contributed by atoms with E-state index in [4.69, 9.17) is 23.2 Å². The zero-order chi connectivity index (χ0) is 15.5. The second kappa shape index (κ2) is 7.20. The third kappa shape index (κ3) is 4.37. The fourth-order valence-corrected chi connectivity index (χ4v) is 4.35. The van der Waals surface area contributed by atoms with E-state index in [-0.39, 0.29) is 5.91 Å². The van der Waals surface area contributed by atoms with Gasteiger partial charge in [-0.1, -0.05) is 23.2 Å². The van der Waals surface area contributed by atoms with Crippen LogP contribution < -0.4 is 10.6 Å². The quantitative estimate of drug-likeness (QED) is 0.860. The van der Waals surface area contributed by atoms with Crippen LogP contribution in [0.2, 0.25) is 10.0 Å². The number of amides is 1. The largest absolute Gasteiger partial charge is 0.356 e. The lowest BCUT2D eigenvalue weighted by molar-refractivity contribution is -0.122. The van der Waals surface area contributed by atoms with Gasteiger partial charge in [0.25, 0.3) is 0 Å². The van der Waals surface area contributed by atoms with E-state index in [1.54, 1.807) is 6.07 Å². The predicted molar refractivity (Wildman–Crippen MR) is 90.5 cm³/mol. The summed E-state index contributed by atoms with van der Waals surface area (Å²) in [5, 5.41) is 7.91. The molecule has 1 aromatic rings. The highest BCUT2D eigenvalue weighted by Gasteiger charge is 2.33. The zero-order valence-corrected chi connectivity index (χ0v) is 14.1. The van der Waals surface area contributed by atoms with Gasteiger partial charge in [0.05, 0.1) is 0 Å². The minimum Gasteiger partial charge on any atom is -0.356 e. The van der Waals surface area contributed by atoms with Crippen molar-refractivity contribution in [3.63, 3.8) is 0 Å². The fraction of sp³-hybridized carbons (Fsp3) is 0.588. The fourth-order valence-electron chi connectivity index (χ4n) is 3.78. The van der Waals surface area contributed by atoms with E-state index >= 15 is 0 Å². The van der Waals surface area contributed by atoms with Crippen molar-refractivity contribution >= 4 is 29.1 Å². The number of piperidine rings is 1. The number of carbonyl (C=O) groups is 1. The minimum atomic E-state index is 0.166. The van der Waals surface area contributed by atoms with Crippen LogP contribution in [0.1, 0.15) is 37.7 Å². The molecule has 2 N–H and O–H groups in total. The summed E-state index contributed by atoms with van der Waals surface area (Å²) < 4.78 is 0. The minimum absolute atomic E-state index is 0.166. The van der Waals surface area contributed by atoms with Crippen LogP contribution in [0.15, 0.2) is 18.2 Å².